The highest BCUT2D eigenvalue weighted by molar-refractivity contribution is 5.80. The van der Waals surface area contributed by atoms with Crippen molar-refractivity contribution < 1.29 is 153 Å². The molecule has 31 heteroatoms. The van der Waals surface area contributed by atoms with E-state index >= 15 is 4.79 Å². The Labute approximate surface area is 543 Å². The lowest BCUT2D eigenvalue weighted by molar-refractivity contribution is -0.375. The molecule has 0 bridgehead atoms. The summed E-state index contributed by atoms with van der Waals surface area (Å²) >= 11 is 0. The second kappa shape index (κ2) is 26.8. The van der Waals surface area contributed by atoms with Crippen LogP contribution in [0.5, 0.6) is 0 Å². The smallest absolute Gasteiger partial charge is 0.335 e. The molecule has 538 valence electrons. The minimum absolute atomic E-state index is 0.0107. The molecule has 0 radical (unpaired) electrons. The molecular weight excluding hydrogens is 1250 g/mol. The van der Waals surface area contributed by atoms with Crippen molar-refractivity contribution >= 4 is 11.9 Å². The van der Waals surface area contributed by atoms with Crippen LogP contribution in [0.4, 0.5) is 0 Å². The van der Waals surface area contributed by atoms with Gasteiger partial charge in [-0.15, -0.1) is 0 Å². The fraction of sp³-hybridized carbons (Fsp3) is 0.937. The second-order valence-corrected chi connectivity index (χ2v) is 30.7. The number of hydrogen-bond acceptors (Lipinski definition) is 30. The molecule has 31 nitrogen and oxygen atoms in total. The Kier molecular flexibility index (Phi) is 20.8. The summed E-state index contributed by atoms with van der Waals surface area (Å²) in [4.78, 5) is 28.1. The topological polar surface area (TPSA) is 489 Å². The van der Waals surface area contributed by atoms with Crippen LogP contribution in [0.2, 0.25) is 0 Å². The van der Waals surface area contributed by atoms with E-state index < -0.39 is 244 Å². The second-order valence-electron chi connectivity index (χ2n) is 30.7. The maximum absolute atomic E-state index is 15.5. The van der Waals surface area contributed by atoms with Crippen molar-refractivity contribution in [3.8, 4) is 0 Å². The highest BCUT2D eigenvalue weighted by Gasteiger charge is 2.72. The number of carboxylic acids is 1. The van der Waals surface area contributed by atoms with E-state index in [2.05, 4.69) is 54.5 Å². The van der Waals surface area contributed by atoms with Gasteiger partial charge in [-0.1, -0.05) is 60.1 Å². The number of carbonyl (C=O) groups excluding carboxylic acids is 1. The predicted molar refractivity (Wildman–Crippen MR) is 311 cm³/mol. The number of carboxylic acid groups (broad SMARTS) is 1. The number of hydrogen-bond donors (Lipinski definition) is 17. The Morgan fingerprint density at radius 2 is 1.09 bits per heavy atom. The summed E-state index contributed by atoms with van der Waals surface area (Å²) in [5.74, 6) is -3.03. The molecular formula is C63H100O31. The summed E-state index contributed by atoms with van der Waals surface area (Å²) < 4.78 is 70.4. The fourth-order valence-electron chi connectivity index (χ4n) is 18.7. The van der Waals surface area contributed by atoms with Crippen LogP contribution in [0.1, 0.15) is 113 Å². The first-order chi connectivity index (χ1) is 44.0. The Morgan fingerprint density at radius 3 is 1.76 bits per heavy atom. The highest BCUT2D eigenvalue weighted by atomic mass is 16.8. The molecule has 6 heterocycles. The highest BCUT2D eigenvalue weighted by Crippen LogP contribution is 2.76. The lowest BCUT2D eigenvalue weighted by Crippen LogP contribution is -2.68. The van der Waals surface area contributed by atoms with E-state index in [9.17, 15) is 91.6 Å². The van der Waals surface area contributed by atoms with Gasteiger partial charge >= 0.3 is 11.9 Å². The third-order valence-electron chi connectivity index (χ3n) is 24.4. The summed E-state index contributed by atoms with van der Waals surface area (Å²) in [5, 5.41) is 186. The van der Waals surface area contributed by atoms with Crippen LogP contribution in [0.3, 0.4) is 0 Å². The number of aliphatic carboxylic acids is 1. The fourth-order valence-corrected chi connectivity index (χ4v) is 18.7. The zero-order chi connectivity index (χ0) is 68.6. The van der Waals surface area contributed by atoms with Gasteiger partial charge < -0.3 is 144 Å². The molecule has 0 aromatic heterocycles. The van der Waals surface area contributed by atoms with Crippen molar-refractivity contribution in [2.24, 2.45) is 50.2 Å². The van der Waals surface area contributed by atoms with E-state index in [0.717, 1.165) is 5.57 Å². The number of aliphatic hydroxyl groups excluding tert-OH is 16. The number of aliphatic hydroxyl groups is 16. The number of fused-ring (bicyclic) bond motifs is 7. The molecule has 0 spiro atoms. The number of ether oxygens (including phenoxy) is 12. The van der Waals surface area contributed by atoms with E-state index in [0.29, 0.717) is 44.9 Å². The normalized spacial score (nSPS) is 54.2. The maximum atomic E-state index is 15.5. The molecule has 11 rings (SSSR count). The van der Waals surface area contributed by atoms with Crippen LogP contribution in [0.15, 0.2) is 11.6 Å². The molecule has 6 aliphatic heterocycles. The lowest BCUT2D eigenvalue weighted by atomic mass is 9.33. The van der Waals surface area contributed by atoms with E-state index in [4.69, 9.17) is 56.8 Å². The Morgan fingerprint density at radius 1 is 0.521 bits per heavy atom. The Bertz CT molecular complexity index is 2710. The minimum atomic E-state index is -2.03. The van der Waals surface area contributed by atoms with Gasteiger partial charge in [0.1, 0.15) is 115 Å². The standard InChI is InChI=1S/C63H100O31/c1-23-45(89-52-43(78)46(28(67)22-84-52)90-51-39(74)34(69)26(65)20-83-51)38(73)41(76)53(86-23)93-49-35(70)27(66)21-85-56(49)94-57(82)63-16-15-58(2,3)17-25(63)24-9-10-31-60(6)13-12-33(59(4,5)30(60)11-14-61(31,7)62(24,8)18-32(63)68)88-55-44(79)47(42(77)48(92-55)50(80)81)91-54-40(75)37(72)36(71)29(19-64)87-54/h9,23,25-49,51-56,64-79H,10-22H2,1-8H3,(H,80,81)/t23-,25-,26+,27-,28+,29+,30-,31+,32+,33-,34-,35-,36+,37-,38-,39+,40+,41+,42-,43+,44+,45-,46-,47-,48-,49+,51-,52-,53-,54-,55+,56-,60-,61+,62+,63+/m0/s1. The minimum Gasteiger partial charge on any atom is -0.479 e. The van der Waals surface area contributed by atoms with E-state index in [1.807, 2.05) is 0 Å². The first-order valence-corrected chi connectivity index (χ1v) is 33.0. The van der Waals surface area contributed by atoms with Crippen molar-refractivity contribution in [1.29, 1.82) is 0 Å². The van der Waals surface area contributed by atoms with Gasteiger partial charge in [0.15, 0.2) is 43.7 Å². The average Bonchev–Trinajstić information content (AvgIpc) is 0.672. The van der Waals surface area contributed by atoms with Crippen LogP contribution in [-0.2, 0) is 66.4 Å². The summed E-state index contributed by atoms with van der Waals surface area (Å²) in [6.45, 7) is 14.3. The van der Waals surface area contributed by atoms with Gasteiger partial charge in [-0.2, -0.15) is 0 Å². The summed E-state index contributed by atoms with van der Waals surface area (Å²) in [7, 11) is 0. The van der Waals surface area contributed by atoms with Crippen molar-refractivity contribution in [1.82, 2.24) is 0 Å². The Balaban J connectivity index is 0.784. The molecule has 36 atom stereocenters. The molecule has 5 aliphatic carbocycles. The van der Waals surface area contributed by atoms with Crippen LogP contribution < -0.4 is 0 Å². The van der Waals surface area contributed by atoms with E-state index in [1.54, 1.807) is 0 Å². The third-order valence-corrected chi connectivity index (χ3v) is 24.4. The van der Waals surface area contributed by atoms with Crippen LogP contribution in [0, 0.1) is 50.2 Å². The van der Waals surface area contributed by atoms with E-state index in [1.165, 1.54) is 6.92 Å². The van der Waals surface area contributed by atoms with Crippen molar-refractivity contribution in [2.45, 2.75) is 291 Å². The van der Waals surface area contributed by atoms with Crippen LogP contribution >= 0.6 is 0 Å². The van der Waals surface area contributed by atoms with Gasteiger partial charge in [0.25, 0.3) is 0 Å². The molecule has 17 N–H and O–H groups in total. The summed E-state index contributed by atoms with van der Waals surface area (Å²) in [6.07, 6.45) is -41.8. The van der Waals surface area contributed by atoms with Gasteiger partial charge in [-0.05, 0) is 110 Å². The van der Waals surface area contributed by atoms with Crippen molar-refractivity contribution in [3.63, 3.8) is 0 Å². The molecule has 11 aliphatic rings. The molecule has 0 amide bonds. The predicted octanol–water partition coefficient (Wildman–Crippen LogP) is -4.38. The molecule has 10 fully saturated rings. The molecule has 0 unspecified atom stereocenters. The largest absolute Gasteiger partial charge is 0.479 e. The Hall–Kier alpha value is -2.40. The van der Waals surface area contributed by atoms with Crippen LogP contribution in [0.25, 0.3) is 0 Å². The SMILES string of the molecule is C[C@@H]1O[C@@H](O[C@H]2[C@H](OC(=O)[C@]34CCC(C)(C)C[C@H]3C3=CC[C@@H]5[C@@]6(C)CC[C@H](O[C@@H]7O[C@H](C(=O)O)[C@@H](O)[C@H](O[C@@H]8O[C@H](CO)[C@@H](O)[C@H](O)[C@H]8O)[C@H]7O)C(C)(C)[C@@H]6CC[C@@]5(C)[C@]3(C)C[C@H]4O)OC[C@H](O)[C@@H]2O)[C@H](O)[C@H](O)[C@H]1O[C@@H]1OC[C@@H](O)[C@H](O[C@@H]2OC[C@@H](O)[C@H](O)[C@H]2O)[C@H]1O. The first kappa shape index (κ1) is 72.8. The number of rotatable bonds is 14. The average molecular weight is 1350 g/mol. The number of carbonyl (C=O) groups is 2. The lowest BCUT2D eigenvalue weighted by Gasteiger charge is -2.71. The molecule has 94 heavy (non-hydrogen) atoms. The maximum Gasteiger partial charge on any atom is 0.335 e. The third kappa shape index (κ3) is 12.3. The number of esters is 1. The van der Waals surface area contributed by atoms with Gasteiger partial charge in [0.05, 0.1) is 44.7 Å². The van der Waals surface area contributed by atoms with E-state index in [-0.39, 0.29) is 35.5 Å². The quantitative estimate of drug-likeness (QED) is 0.0444. The molecule has 0 aromatic carbocycles. The number of allylic oxidation sites excluding steroid dienone is 2. The monoisotopic (exact) mass is 1350 g/mol. The van der Waals surface area contributed by atoms with Crippen molar-refractivity contribution in [2.75, 3.05) is 26.4 Å². The summed E-state index contributed by atoms with van der Waals surface area (Å²) in [6, 6.07) is 0. The van der Waals surface area contributed by atoms with Gasteiger partial charge in [-0.25, -0.2) is 4.79 Å². The molecule has 4 saturated carbocycles. The van der Waals surface area contributed by atoms with Crippen LogP contribution in [-0.4, -0.2) is 303 Å². The van der Waals surface area contributed by atoms with Gasteiger partial charge in [-0.3, -0.25) is 4.79 Å². The first-order valence-electron chi connectivity index (χ1n) is 33.0. The van der Waals surface area contributed by atoms with Gasteiger partial charge in [0, 0.05) is 0 Å². The summed E-state index contributed by atoms with van der Waals surface area (Å²) in [5.41, 5.74) is -3.06. The molecule has 6 saturated heterocycles. The molecule has 0 aromatic rings. The van der Waals surface area contributed by atoms with Crippen molar-refractivity contribution in [3.05, 3.63) is 11.6 Å². The zero-order valence-electron chi connectivity index (χ0n) is 54.1. The zero-order valence-corrected chi connectivity index (χ0v) is 54.1. The van der Waals surface area contributed by atoms with Gasteiger partial charge in [0.2, 0.25) is 6.29 Å².